The SMILES string of the molecule is CCNC(Cc1c(Cl)cccc1Cl)c1csc(C)n1. The number of nitrogens with one attached hydrogen (secondary N) is 1. The van der Waals surface area contributed by atoms with Crippen LogP contribution in [0.1, 0.15) is 29.2 Å². The van der Waals surface area contributed by atoms with Crippen molar-refractivity contribution in [3.63, 3.8) is 0 Å². The maximum atomic E-state index is 6.24. The minimum Gasteiger partial charge on any atom is -0.309 e. The van der Waals surface area contributed by atoms with E-state index in [1.807, 2.05) is 25.1 Å². The molecule has 2 nitrogen and oxygen atoms in total. The molecule has 0 aliphatic heterocycles. The van der Waals surface area contributed by atoms with Crippen molar-refractivity contribution >= 4 is 34.5 Å². The number of aryl methyl sites for hydroxylation is 1. The molecule has 0 saturated heterocycles. The summed E-state index contributed by atoms with van der Waals surface area (Å²) in [7, 11) is 0. The van der Waals surface area contributed by atoms with Crippen LogP contribution in [-0.2, 0) is 6.42 Å². The number of likely N-dealkylation sites (N-methyl/N-ethyl adjacent to an activating group) is 1. The second-order valence-electron chi connectivity index (χ2n) is 4.31. The average Bonchev–Trinajstić information content (AvgIpc) is 2.79. The molecule has 1 atom stereocenters. The lowest BCUT2D eigenvalue weighted by molar-refractivity contribution is 0.538. The molecule has 1 aromatic heterocycles. The third-order valence-electron chi connectivity index (χ3n) is 2.91. The fourth-order valence-electron chi connectivity index (χ4n) is 2.00. The highest BCUT2D eigenvalue weighted by atomic mass is 35.5. The first kappa shape index (κ1) is 14.8. The first-order valence-corrected chi connectivity index (χ1v) is 7.83. The molecule has 0 spiro atoms. The van der Waals surface area contributed by atoms with Crippen molar-refractivity contribution in [1.29, 1.82) is 0 Å². The standard InChI is InChI=1S/C14H16Cl2N2S/c1-3-17-13(14-8-19-9(2)18-14)7-10-11(15)5-4-6-12(10)16/h4-6,8,13,17H,3,7H2,1-2H3. The summed E-state index contributed by atoms with van der Waals surface area (Å²) >= 11 is 14.1. The molecule has 0 fully saturated rings. The summed E-state index contributed by atoms with van der Waals surface area (Å²) in [5.41, 5.74) is 2.03. The predicted octanol–water partition coefficient (Wildman–Crippen LogP) is 4.65. The second-order valence-corrected chi connectivity index (χ2v) is 6.18. The molecule has 1 heterocycles. The lowest BCUT2D eigenvalue weighted by Gasteiger charge is -2.17. The summed E-state index contributed by atoms with van der Waals surface area (Å²) in [4.78, 5) is 4.55. The van der Waals surface area contributed by atoms with Gasteiger partial charge in [0.05, 0.1) is 16.7 Å². The smallest absolute Gasteiger partial charge is 0.0898 e. The summed E-state index contributed by atoms with van der Waals surface area (Å²) in [6.07, 6.45) is 0.746. The van der Waals surface area contributed by atoms with Crippen LogP contribution in [0.25, 0.3) is 0 Å². The Labute approximate surface area is 127 Å². The summed E-state index contributed by atoms with van der Waals surface area (Å²) in [5.74, 6) is 0. The highest BCUT2D eigenvalue weighted by Gasteiger charge is 2.17. The quantitative estimate of drug-likeness (QED) is 0.868. The molecule has 1 N–H and O–H groups in total. The first-order chi connectivity index (χ1) is 9.11. The monoisotopic (exact) mass is 314 g/mol. The number of benzene rings is 1. The number of aromatic nitrogens is 1. The zero-order valence-corrected chi connectivity index (χ0v) is 13.2. The number of nitrogens with zero attached hydrogens (tertiary/aromatic N) is 1. The zero-order valence-electron chi connectivity index (χ0n) is 10.9. The molecule has 0 radical (unpaired) electrons. The van der Waals surface area contributed by atoms with Crippen molar-refractivity contribution in [3.8, 4) is 0 Å². The van der Waals surface area contributed by atoms with Gasteiger partial charge >= 0.3 is 0 Å². The van der Waals surface area contributed by atoms with E-state index in [1.54, 1.807) is 11.3 Å². The van der Waals surface area contributed by atoms with E-state index in [1.165, 1.54) is 0 Å². The van der Waals surface area contributed by atoms with Gasteiger partial charge < -0.3 is 5.32 Å². The molecule has 1 unspecified atom stereocenters. The van der Waals surface area contributed by atoms with E-state index < -0.39 is 0 Å². The molecule has 0 aliphatic carbocycles. The Balaban J connectivity index is 2.26. The number of hydrogen-bond donors (Lipinski definition) is 1. The Bertz CT molecular complexity index is 534. The van der Waals surface area contributed by atoms with Crippen molar-refractivity contribution in [2.75, 3.05) is 6.54 Å². The molecular weight excluding hydrogens is 299 g/mol. The summed E-state index contributed by atoms with van der Waals surface area (Å²) < 4.78 is 0. The maximum Gasteiger partial charge on any atom is 0.0898 e. The average molecular weight is 315 g/mol. The van der Waals surface area contributed by atoms with Gasteiger partial charge in [-0.3, -0.25) is 0 Å². The molecule has 2 aromatic rings. The van der Waals surface area contributed by atoms with Crippen LogP contribution in [0, 0.1) is 6.92 Å². The Kier molecular flexibility index (Phi) is 5.22. The number of thiazole rings is 1. The summed E-state index contributed by atoms with van der Waals surface area (Å²) in [6.45, 7) is 4.98. The van der Waals surface area contributed by atoms with E-state index in [4.69, 9.17) is 23.2 Å². The van der Waals surface area contributed by atoms with Crippen LogP contribution in [-0.4, -0.2) is 11.5 Å². The predicted molar refractivity (Wildman–Crippen MR) is 83.4 cm³/mol. The molecule has 0 amide bonds. The van der Waals surface area contributed by atoms with Crippen molar-refractivity contribution in [1.82, 2.24) is 10.3 Å². The molecule has 0 bridgehead atoms. The van der Waals surface area contributed by atoms with E-state index in [-0.39, 0.29) is 6.04 Å². The minimum absolute atomic E-state index is 0.146. The molecule has 2 rings (SSSR count). The van der Waals surface area contributed by atoms with Crippen LogP contribution in [0.5, 0.6) is 0 Å². The largest absolute Gasteiger partial charge is 0.309 e. The second kappa shape index (κ2) is 6.71. The fraction of sp³-hybridized carbons (Fsp3) is 0.357. The Morgan fingerprint density at radius 2 is 2.00 bits per heavy atom. The van der Waals surface area contributed by atoms with Crippen LogP contribution in [0.3, 0.4) is 0 Å². The van der Waals surface area contributed by atoms with Crippen molar-refractivity contribution in [2.45, 2.75) is 26.3 Å². The summed E-state index contributed by atoms with van der Waals surface area (Å²) in [6, 6.07) is 5.76. The van der Waals surface area contributed by atoms with Gasteiger partial charge in [-0.2, -0.15) is 0 Å². The van der Waals surface area contributed by atoms with Crippen LogP contribution in [0.15, 0.2) is 23.6 Å². The van der Waals surface area contributed by atoms with Gasteiger partial charge in [0.1, 0.15) is 0 Å². The van der Waals surface area contributed by atoms with E-state index in [0.717, 1.165) is 29.2 Å². The van der Waals surface area contributed by atoms with Gasteiger partial charge in [-0.25, -0.2) is 4.98 Å². The normalized spacial score (nSPS) is 12.6. The van der Waals surface area contributed by atoms with Crippen LogP contribution in [0.2, 0.25) is 10.0 Å². The van der Waals surface area contributed by atoms with Crippen LogP contribution < -0.4 is 5.32 Å². The van der Waals surface area contributed by atoms with Gasteiger partial charge in [-0.05, 0) is 37.6 Å². The molecular formula is C14H16Cl2N2S. The third kappa shape index (κ3) is 3.69. The first-order valence-electron chi connectivity index (χ1n) is 6.20. The summed E-state index contributed by atoms with van der Waals surface area (Å²) in [5, 5.41) is 8.03. The fourth-order valence-corrected chi connectivity index (χ4v) is 3.22. The number of rotatable bonds is 5. The molecule has 0 aliphatic rings. The van der Waals surface area contributed by atoms with Crippen molar-refractivity contribution < 1.29 is 0 Å². The lowest BCUT2D eigenvalue weighted by atomic mass is 10.0. The highest BCUT2D eigenvalue weighted by molar-refractivity contribution is 7.09. The maximum absolute atomic E-state index is 6.24. The van der Waals surface area contributed by atoms with Gasteiger partial charge in [-0.1, -0.05) is 36.2 Å². The van der Waals surface area contributed by atoms with Crippen molar-refractivity contribution in [2.24, 2.45) is 0 Å². The zero-order chi connectivity index (χ0) is 13.8. The molecule has 1 aromatic carbocycles. The number of hydrogen-bond acceptors (Lipinski definition) is 3. The molecule has 0 saturated carbocycles. The van der Waals surface area contributed by atoms with Crippen LogP contribution in [0.4, 0.5) is 0 Å². The molecule has 102 valence electrons. The Morgan fingerprint density at radius 3 is 2.53 bits per heavy atom. The molecule has 19 heavy (non-hydrogen) atoms. The van der Waals surface area contributed by atoms with Crippen LogP contribution >= 0.6 is 34.5 Å². The van der Waals surface area contributed by atoms with Crippen molar-refractivity contribution in [3.05, 3.63) is 49.9 Å². The topological polar surface area (TPSA) is 24.9 Å². The van der Waals surface area contributed by atoms with Gasteiger partial charge in [0.15, 0.2) is 0 Å². The molecule has 5 heteroatoms. The van der Waals surface area contributed by atoms with E-state index in [9.17, 15) is 0 Å². The van der Waals surface area contributed by atoms with E-state index >= 15 is 0 Å². The highest BCUT2D eigenvalue weighted by Crippen LogP contribution is 2.29. The van der Waals surface area contributed by atoms with Gasteiger partial charge in [0, 0.05) is 15.4 Å². The van der Waals surface area contributed by atoms with Gasteiger partial charge in [0.25, 0.3) is 0 Å². The Hall–Kier alpha value is -0.610. The minimum atomic E-state index is 0.146. The van der Waals surface area contributed by atoms with Gasteiger partial charge in [0.2, 0.25) is 0 Å². The third-order valence-corrected chi connectivity index (χ3v) is 4.41. The lowest BCUT2D eigenvalue weighted by Crippen LogP contribution is -2.23. The van der Waals surface area contributed by atoms with E-state index in [0.29, 0.717) is 10.0 Å². The van der Waals surface area contributed by atoms with E-state index in [2.05, 4.69) is 22.6 Å². The number of halogens is 2. The Morgan fingerprint density at radius 1 is 1.32 bits per heavy atom. The van der Waals surface area contributed by atoms with Gasteiger partial charge in [-0.15, -0.1) is 11.3 Å².